The Balaban J connectivity index is 1.58. The first-order chi connectivity index (χ1) is 18.1. The van der Waals surface area contributed by atoms with Crippen LogP contribution in [-0.4, -0.2) is 22.8 Å². The average molecular weight is 491 g/mol. The average Bonchev–Trinajstić information content (AvgIpc) is 2.95. The number of carbonyl (C=O) groups is 2. The minimum Gasteiger partial charge on any atom is -0.350 e. The van der Waals surface area contributed by atoms with Crippen molar-refractivity contribution in [3.8, 4) is 0 Å². The van der Waals surface area contributed by atoms with Crippen molar-refractivity contribution in [1.82, 2.24) is 10.2 Å². The SMILES string of the molecule is Cc1ccc(CNC(=O)C(Cc2ccccc2)N(Cc2ccccc2)C(=O)CCc2ccccc2)cc1. The van der Waals surface area contributed by atoms with Gasteiger partial charge in [-0.3, -0.25) is 9.59 Å². The molecular weight excluding hydrogens is 456 g/mol. The summed E-state index contributed by atoms with van der Waals surface area (Å²) < 4.78 is 0. The number of rotatable bonds is 11. The molecule has 4 aromatic rings. The summed E-state index contributed by atoms with van der Waals surface area (Å²) in [5.74, 6) is -0.174. The van der Waals surface area contributed by atoms with E-state index in [2.05, 4.69) is 5.32 Å². The molecule has 188 valence electrons. The highest BCUT2D eigenvalue weighted by Gasteiger charge is 2.30. The summed E-state index contributed by atoms with van der Waals surface area (Å²) in [5.41, 5.74) is 5.34. The molecule has 1 atom stereocenters. The lowest BCUT2D eigenvalue weighted by atomic mass is 10.0. The van der Waals surface area contributed by atoms with Crippen molar-refractivity contribution in [2.24, 2.45) is 0 Å². The first-order valence-electron chi connectivity index (χ1n) is 12.8. The second-order valence-electron chi connectivity index (χ2n) is 9.40. The second-order valence-corrected chi connectivity index (χ2v) is 9.40. The Morgan fingerprint density at radius 2 is 1.22 bits per heavy atom. The number of nitrogens with one attached hydrogen (secondary N) is 1. The molecule has 4 heteroatoms. The van der Waals surface area contributed by atoms with Gasteiger partial charge in [-0.15, -0.1) is 0 Å². The summed E-state index contributed by atoms with van der Waals surface area (Å²) in [6.45, 7) is 2.84. The van der Waals surface area contributed by atoms with E-state index in [1.165, 1.54) is 5.56 Å². The minimum absolute atomic E-state index is 0.0286. The highest BCUT2D eigenvalue weighted by molar-refractivity contribution is 5.88. The van der Waals surface area contributed by atoms with E-state index < -0.39 is 6.04 Å². The normalized spacial score (nSPS) is 11.5. The van der Waals surface area contributed by atoms with Gasteiger partial charge in [0.25, 0.3) is 0 Å². The molecule has 4 aromatic carbocycles. The number of hydrogen-bond acceptors (Lipinski definition) is 2. The van der Waals surface area contributed by atoms with Crippen LogP contribution in [0.2, 0.25) is 0 Å². The molecule has 0 spiro atoms. The first-order valence-corrected chi connectivity index (χ1v) is 12.8. The Morgan fingerprint density at radius 3 is 1.81 bits per heavy atom. The lowest BCUT2D eigenvalue weighted by Gasteiger charge is -2.31. The molecule has 0 saturated heterocycles. The Bertz CT molecular complexity index is 1260. The molecule has 0 saturated carbocycles. The standard InChI is InChI=1S/C33H34N2O2/c1-26-17-19-29(20-18-26)24-34-33(37)31(23-28-13-7-3-8-14-28)35(25-30-15-9-4-10-16-30)32(36)22-21-27-11-5-2-6-12-27/h2-20,31H,21-25H2,1H3,(H,34,37). The Kier molecular flexibility index (Phi) is 9.25. The largest absolute Gasteiger partial charge is 0.350 e. The van der Waals surface area contributed by atoms with Crippen molar-refractivity contribution in [3.05, 3.63) is 143 Å². The van der Waals surface area contributed by atoms with Gasteiger partial charge < -0.3 is 10.2 Å². The maximum atomic E-state index is 13.7. The molecular formula is C33H34N2O2. The van der Waals surface area contributed by atoms with Crippen LogP contribution in [0.25, 0.3) is 0 Å². The molecule has 0 aliphatic carbocycles. The third kappa shape index (κ3) is 7.91. The van der Waals surface area contributed by atoms with E-state index >= 15 is 0 Å². The van der Waals surface area contributed by atoms with Crippen molar-refractivity contribution >= 4 is 11.8 Å². The van der Waals surface area contributed by atoms with Gasteiger partial charge in [0.2, 0.25) is 11.8 Å². The zero-order valence-corrected chi connectivity index (χ0v) is 21.3. The van der Waals surface area contributed by atoms with Gasteiger partial charge in [-0.05, 0) is 35.6 Å². The van der Waals surface area contributed by atoms with Crippen LogP contribution < -0.4 is 5.32 Å². The van der Waals surface area contributed by atoms with Gasteiger partial charge in [-0.25, -0.2) is 0 Å². The van der Waals surface area contributed by atoms with E-state index in [1.54, 1.807) is 4.90 Å². The van der Waals surface area contributed by atoms with Crippen LogP contribution in [0, 0.1) is 6.92 Å². The zero-order valence-electron chi connectivity index (χ0n) is 21.3. The molecule has 0 bridgehead atoms. The Morgan fingerprint density at radius 1 is 0.676 bits per heavy atom. The summed E-state index contributed by atoms with van der Waals surface area (Å²) in [4.78, 5) is 29.2. The number of carbonyl (C=O) groups excluding carboxylic acids is 2. The molecule has 1 unspecified atom stereocenters. The van der Waals surface area contributed by atoms with Crippen molar-refractivity contribution in [3.63, 3.8) is 0 Å². The smallest absolute Gasteiger partial charge is 0.243 e. The van der Waals surface area contributed by atoms with Crippen molar-refractivity contribution in [1.29, 1.82) is 0 Å². The van der Waals surface area contributed by atoms with Crippen LogP contribution in [-0.2, 0) is 35.5 Å². The fraction of sp³-hybridized carbons (Fsp3) is 0.212. The molecule has 0 aromatic heterocycles. The van der Waals surface area contributed by atoms with E-state index in [4.69, 9.17) is 0 Å². The molecule has 4 rings (SSSR count). The van der Waals surface area contributed by atoms with E-state index in [-0.39, 0.29) is 11.8 Å². The first kappa shape index (κ1) is 25.9. The van der Waals surface area contributed by atoms with Crippen LogP contribution >= 0.6 is 0 Å². The van der Waals surface area contributed by atoms with E-state index in [0.717, 1.165) is 22.3 Å². The summed E-state index contributed by atoms with van der Waals surface area (Å²) in [5, 5.41) is 3.10. The van der Waals surface area contributed by atoms with Crippen LogP contribution in [0.1, 0.15) is 34.2 Å². The maximum absolute atomic E-state index is 13.7. The molecule has 0 radical (unpaired) electrons. The van der Waals surface area contributed by atoms with E-state index in [1.807, 2.05) is 122 Å². The maximum Gasteiger partial charge on any atom is 0.243 e. The van der Waals surface area contributed by atoms with Crippen molar-refractivity contribution in [2.45, 2.75) is 45.3 Å². The van der Waals surface area contributed by atoms with Gasteiger partial charge in [-0.1, -0.05) is 121 Å². The lowest BCUT2D eigenvalue weighted by molar-refractivity contribution is -0.141. The predicted molar refractivity (Wildman–Crippen MR) is 149 cm³/mol. The van der Waals surface area contributed by atoms with Crippen LogP contribution in [0.5, 0.6) is 0 Å². The third-order valence-corrected chi connectivity index (χ3v) is 6.52. The Hall–Kier alpha value is -4.18. The minimum atomic E-state index is -0.628. The fourth-order valence-corrected chi connectivity index (χ4v) is 4.39. The predicted octanol–water partition coefficient (Wildman–Crippen LogP) is 5.88. The van der Waals surface area contributed by atoms with Crippen molar-refractivity contribution < 1.29 is 9.59 Å². The van der Waals surface area contributed by atoms with Gasteiger partial charge >= 0.3 is 0 Å². The summed E-state index contributed by atoms with van der Waals surface area (Å²) in [7, 11) is 0. The van der Waals surface area contributed by atoms with Crippen LogP contribution in [0.15, 0.2) is 115 Å². The zero-order chi connectivity index (χ0) is 25.9. The van der Waals surface area contributed by atoms with Gasteiger partial charge in [0.1, 0.15) is 6.04 Å². The summed E-state index contributed by atoms with van der Waals surface area (Å²) in [6, 6.07) is 37.3. The topological polar surface area (TPSA) is 49.4 Å². The summed E-state index contributed by atoms with van der Waals surface area (Å²) in [6.07, 6.45) is 1.42. The summed E-state index contributed by atoms with van der Waals surface area (Å²) >= 11 is 0. The monoisotopic (exact) mass is 490 g/mol. The molecule has 0 aliphatic rings. The molecule has 0 heterocycles. The quantitative estimate of drug-likeness (QED) is 0.285. The molecule has 37 heavy (non-hydrogen) atoms. The highest BCUT2D eigenvalue weighted by atomic mass is 16.2. The van der Waals surface area contributed by atoms with Crippen molar-refractivity contribution in [2.75, 3.05) is 0 Å². The lowest BCUT2D eigenvalue weighted by Crippen LogP contribution is -2.50. The molecule has 4 nitrogen and oxygen atoms in total. The fourth-order valence-electron chi connectivity index (χ4n) is 4.39. The van der Waals surface area contributed by atoms with E-state index in [0.29, 0.717) is 32.4 Å². The third-order valence-electron chi connectivity index (χ3n) is 6.52. The Labute approximate surface area is 220 Å². The van der Waals surface area contributed by atoms with Gasteiger partial charge in [0.05, 0.1) is 0 Å². The van der Waals surface area contributed by atoms with Crippen LogP contribution in [0.4, 0.5) is 0 Å². The highest BCUT2D eigenvalue weighted by Crippen LogP contribution is 2.17. The number of aryl methyl sites for hydroxylation is 2. The number of nitrogens with zero attached hydrogens (tertiary/aromatic N) is 1. The number of benzene rings is 4. The van der Waals surface area contributed by atoms with Gasteiger partial charge in [-0.2, -0.15) is 0 Å². The number of hydrogen-bond donors (Lipinski definition) is 1. The van der Waals surface area contributed by atoms with Crippen LogP contribution in [0.3, 0.4) is 0 Å². The molecule has 0 fully saturated rings. The van der Waals surface area contributed by atoms with E-state index in [9.17, 15) is 9.59 Å². The molecule has 2 amide bonds. The molecule has 1 N–H and O–H groups in total. The van der Waals surface area contributed by atoms with Gasteiger partial charge in [0.15, 0.2) is 0 Å². The second kappa shape index (κ2) is 13.2. The molecule has 0 aliphatic heterocycles. The van der Waals surface area contributed by atoms with Gasteiger partial charge in [0, 0.05) is 25.9 Å². The number of amides is 2.